The lowest BCUT2D eigenvalue weighted by Crippen LogP contribution is -2.23. The molecule has 0 aliphatic carbocycles. The van der Waals surface area contributed by atoms with Gasteiger partial charge >= 0.3 is 0 Å². The molecule has 0 radical (unpaired) electrons. The minimum absolute atomic E-state index is 1.00. The SMILES string of the molecule is CC/C=c1/cc[nH]/c1=C/N. The van der Waals surface area contributed by atoms with Crippen LogP contribution in [-0.4, -0.2) is 4.98 Å². The van der Waals surface area contributed by atoms with Gasteiger partial charge in [0.1, 0.15) is 0 Å². The Morgan fingerprint density at radius 2 is 2.50 bits per heavy atom. The number of nitrogens with one attached hydrogen (secondary N) is 1. The quantitative estimate of drug-likeness (QED) is 0.556. The third kappa shape index (κ3) is 1.21. The molecular weight excluding hydrogens is 124 g/mol. The van der Waals surface area contributed by atoms with E-state index in [1.54, 1.807) is 6.20 Å². The van der Waals surface area contributed by atoms with Crippen molar-refractivity contribution in [3.63, 3.8) is 0 Å². The van der Waals surface area contributed by atoms with Gasteiger partial charge in [-0.3, -0.25) is 0 Å². The predicted octanol–water partition coefficient (Wildman–Crippen LogP) is -0.0981. The van der Waals surface area contributed by atoms with E-state index in [0.29, 0.717) is 0 Å². The average molecular weight is 136 g/mol. The maximum Gasteiger partial charge on any atom is 0.0608 e. The van der Waals surface area contributed by atoms with E-state index in [4.69, 9.17) is 5.73 Å². The second kappa shape index (κ2) is 3.11. The molecule has 0 spiro atoms. The van der Waals surface area contributed by atoms with Crippen LogP contribution in [0.3, 0.4) is 0 Å². The van der Waals surface area contributed by atoms with Crippen LogP contribution in [0.4, 0.5) is 0 Å². The molecular formula is C8H12N2. The van der Waals surface area contributed by atoms with Crippen molar-refractivity contribution in [2.24, 2.45) is 5.73 Å². The van der Waals surface area contributed by atoms with E-state index in [-0.39, 0.29) is 0 Å². The normalized spacial score (nSPS) is 14.5. The highest BCUT2D eigenvalue weighted by Crippen LogP contribution is 1.72. The molecule has 0 aliphatic rings. The molecule has 54 valence electrons. The molecule has 2 heteroatoms. The van der Waals surface area contributed by atoms with Crippen LogP contribution in [0.15, 0.2) is 12.3 Å². The van der Waals surface area contributed by atoms with Crippen molar-refractivity contribution in [3.8, 4) is 0 Å². The van der Waals surface area contributed by atoms with Crippen LogP contribution in [0.2, 0.25) is 0 Å². The highest BCUT2D eigenvalue weighted by molar-refractivity contribution is 5.26. The molecule has 1 rings (SSSR count). The minimum Gasteiger partial charge on any atom is -0.403 e. The van der Waals surface area contributed by atoms with Crippen LogP contribution in [0.5, 0.6) is 0 Å². The predicted molar refractivity (Wildman–Crippen MR) is 43.5 cm³/mol. The first-order valence-corrected chi connectivity index (χ1v) is 3.44. The number of hydrogen-bond acceptors (Lipinski definition) is 1. The molecule has 1 aromatic rings. The number of aromatic amines is 1. The van der Waals surface area contributed by atoms with Gasteiger partial charge in [-0.15, -0.1) is 0 Å². The second-order valence-corrected chi connectivity index (χ2v) is 2.13. The van der Waals surface area contributed by atoms with Gasteiger partial charge in [-0.25, -0.2) is 0 Å². The van der Waals surface area contributed by atoms with E-state index in [9.17, 15) is 0 Å². The first-order valence-electron chi connectivity index (χ1n) is 3.44. The van der Waals surface area contributed by atoms with Crippen molar-refractivity contribution in [3.05, 3.63) is 22.8 Å². The Balaban J connectivity index is 3.28. The third-order valence-electron chi connectivity index (χ3n) is 1.40. The van der Waals surface area contributed by atoms with Gasteiger partial charge in [0.25, 0.3) is 0 Å². The lowest BCUT2D eigenvalue weighted by molar-refractivity contribution is 1.26. The number of rotatable bonds is 1. The summed E-state index contributed by atoms with van der Waals surface area (Å²) in [5, 5.41) is 2.19. The summed E-state index contributed by atoms with van der Waals surface area (Å²) in [4.78, 5) is 3.03. The fourth-order valence-corrected chi connectivity index (χ4v) is 0.937. The average Bonchev–Trinajstić information content (AvgIpc) is 2.36. The van der Waals surface area contributed by atoms with Crippen molar-refractivity contribution in [1.29, 1.82) is 0 Å². The summed E-state index contributed by atoms with van der Waals surface area (Å²) in [6.07, 6.45) is 6.65. The summed E-state index contributed by atoms with van der Waals surface area (Å²) in [6.45, 7) is 2.10. The summed E-state index contributed by atoms with van der Waals surface area (Å²) < 4.78 is 0. The van der Waals surface area contributed by atoms with E-state index in [1.807, 2.05) is 12.3 Å². The highest BCUT2D eigenvalue weighted by Gasteiger charge is 1.80. The van der Waals surface area contributed by atoms with Gasteiger partial charge in [0.15, 0.2) is 0 Å². The smallest absolute Gasteiger partial charge is 0.0608 e. The van der Waals surface area contributed by atoms with Crippen molar-refractivity contribution in [1.82, 2.24) is 4.98 Å². The molecule has 0 saturated heterocycles. The fraction of sp³-hybridized carbons (Fsp3) is 0.250. The zero-order valence-corrected chi connectivity index (χ0v) is 6.09. The van der Waals surface area contributed by atoms with Crippen molar-refractivity contribution in [2.75, 3.05) is 0 Å². The summed E-state index contributed by atoms with van der Waals surface area (Å²) in [7, 11) is 0. The second-order valence-electron chi connectivity index (χ2n) is 2.13. The molecule has 2 nitrogen and oxygen atoms in total. The van der Waals surface area contributed by atoms with Crippen LogP contribution >= 0.6 is 0 Å². The topological polar surface area (TPSA) is 41.8 Å². The number of nitrogens with two attached hydrogens (primary N) is 1. The Morgan fingerprint density at radius 1 is 1.70 bits per heavy atom. The van der Waals surface area contributed by atoms with E-state index < -0.39 is 0 Å². The number of hydrogen-bond donors (Lipinski definition) is 2. The molecule has 10 heavy (non-hydrogen) atoms. The summed E-state index contributed by atoms with van der Waals surface area (Å²) in [5.41, 5.74) is 5.35. The highest BCUT2D eigenvalue weighted by atomic mass is 14.7. The number of aromatic nitrogens is 1. The van der Waals surface area contributed by atoms with Crippen LogP contribution in [0.25, 0.3) is 12.3 Å². The molecule has 0 amide bonds. The maximum atomic E-state index is 5.35. The molecule has 0 aromatic carbocycles. The minimum atomic E-state index is 1.00. The van der Waals surface area contributed by atoms with Gasteiger partial charge < -0.3 is 10.7 Å². The van der Waals surface area contributed by atoms with Crippen LogP contribution in [-0.2, 0) is 0 Å². The van der Waals surface area contributed by atoms with Crippen molar-refractivity contribution >= 4 is 12.3 Å². The molecule has 0 aliphatic heterocycles. The zero-order valence-electron chi connectivity index (χ0n) is 6.09. The van der Waals surface area contributed by atoms with E-state index in [2.05, 4.69) is 18.0 Å². The third-order valence-corrected chi connectivity index (χ3v) is 1.40. The lowest BCUT2D eigenvalue weighted by atomic mass is 10.3. The van der Waals surface area contributed by atoms with Crippen LogP contribution in [0.1, 0.15) is 13.3 Å². The fourth-order valence-electron chi connectivity index (χ4n) is 0.937. The largest absolute Gasteiger partial charge is 0.403 e. The Hall–Kier alpha value is -1.18. The first-order chi connectivity index (χ1) is 4.88. The Kier molecular flexibility index (Phi) is 2.15. The van der Waals surface area contributed by atoms with Crippen molar-refractivity contribution in [2.45, 2.75) is 13.3 Å². The van der Waals surface area contributed by atoms with Gasteiger partial charge in [0.2, 0.25) is 0 Å². The summed E-state index contributed by atoms with van der Waals surface area (Å²) in [5.74, 6) is 0. The summed E-state index contributed by atoms with van der Waals surface area (Å²) >= 11 is 0. The van der Waals surface area contributed by atoms with Gasteiger partial charge in [0.05, 0.1) is 5.35 Å². The lowest BCUT2D eigenvalue weighted by Gasteiger charge is -1.77. The van der Waals surface area contributed by atoms with Gasteiger partial charge in [0, 0.05) is 12.4 Å². The van der Waals surface area contributed by atoms with Crippen LogP contribution < -0.4 is 16.3 Å². The summed E-state index contributed by atoms with van der Waals surface area (Å²) in [6, 6.07) is 2.02. The Morgan fingerprint density at radius 3 is 3.10 bits per heavy atom. The number of H-pyrrole nitrogens is 1. The van der Waals surface area contributed by atoms with E-state index in [1.165, 1.54) is 5.22 Å². The van der Waals surface area contributed by atoms with E-state index in [0.717, 1.165) is 11.8 Å². The maximum absolute atomic E-state index is 5.35. The Labute approximate surface area is 60.1 Å². The zero-order chi connectivity index (χ0) is 7.40. The molecule has 0 atom stereocenters. The monoisotopic (exact) mass is 136 g/mol. The molecule has 0 fully saturated rings. The molecule has 1 heterocycles. The van der Waals surface area contributed by atoms with Crippen LogP contribution in [0, 0.1) is 0 Å². The first kappa shape index (κ1) is 6.93. The molecule has 0 unspecified atom stereocenters. The molecule has 3 N–H and O–H groups in total. The molecule has 0 bridgehead atoms. The van der Waals surface area contributed by atoms with Gasteiger partial charge in [-0.2, -0.15) is 0 Å². The molecule has 0 saturated carbocycles. The van der Waals surface area contributed by atoms with Crippen molar-refractivity contribution < 1.29 is 0 Å². The molecule has 1 aromatic heterocycles. The van der Waals surface area contributed by atoms with E-state index >= 15 is 0 Å². The standard InChI is InChI=1S/C8H12N2/c1-2-3-7-4-5-10-8(7)6-9/h3-6,10H,2,9H2,1H3/b7-3-,8-6+. The van der Waals surface area contributed by atoms with Gasteiger partial charge in [-0.05, 0) is 17.7 Å². The Bertz CT molecular complexity index is 295. The van der Waals surface area contributed by atoms with Gasteiger partial charge in [-0.1, -0.05) is 13.0 Å².